The van der Waals surface area contributed by atoms with E-state index in [1.807, 2.05) is 0 Å². The number of fused-ring (bicyclic) bond motifs is 1. The maximum absolute atomic E-state index is 13.0. The Kier molecular flexibility index (Phi) is 7.80. The second-order valence-corrected chi connectivity index (χ2v) is 8.97. The molecule has 2 aromatic rings. The van der Waals surface area contributed by atoms with Crippen molar-refractivity contribution in [1.29, 1.82) is 0 Å². The normalized spacial score (nSPS) is 17.2. The molecule has 1 unspecified atom stereocenters. The smallest absolute Gasteiger partial charge is 0.255 e. The highest BCUT2D eigenvalue weighted by Crippen LogP contribution is 2.32. The van der Waals surface area contributed by atoms with Gasteiger partial charge in [0.15, 0.2) is 0 Å². The zero-order chi connectivity index (χ0) is 24.8. The monoisotopic (exact) mass is 477 g/mol. The highest BCUT2D eigenvalue weighted by Gasteiger charge is 2.39. The van der Waals surface area contributed by atoms with E-state index in [1.54, 1.807) is 42.5 Å². The van der Waals surface area contributed by atoms with E-state index < -0.39 is 11.9 Å². The Labute approximate surface area is 205 Å². The van der Waals surface area contributed by atoms with Crippen molar-refractivity contribution >= 4 is 29.3 Å². The van der Waals surface area contributed by atoms with Crippen LogP contribution < -0.4 is 15.4 Å². The Balaban J connectivity index is 1.37. The fourth-order valence-corrected chi connectivity index (χ4v) is 4.50. The maximum Gasteiger partial charge on any atom is 0.255 e. The van der Waals surface area contributed by atoms with E-state index in [9.17, 15) is 19.2 Å². The summed E-state index contributed by atoms with van der Waals surface area (Å²) in [7, 11) is 0. The van der Waals surface area contributed by atoms with Crippen molar-refractivity contribution in [3.05, 3.63) is 59.2 Å². The van der Waals surface area contributed by atoms with Gasteiger partial charge in [0.2, 0.25) is 11.8 Å². The molecule has 2 N–H and O–H groups in total. The van der Waals surface area contributed by atoms with Gasteiger partial charge in [-0.05, 0) is 49.2 Å². The second-order valence-electron chi connectivity index (χ2n) is 8.97. The molecule has 1 atom stereocenters. The highest BCUT2D eigenvalue weighted by molar-refractivity contribution is 6.08. The number of piperidine rings is 1. The van der Waals surface area contributed by atoms with E-state index in [2.05, 4.69) is 17.6 Å². The molecule has 2 aliphatic rings. The molecule has 0 spiro atoms. The Bertz CT molecular complexity index is 1110. The van der Waals surface area contributed by atoms with Gasteiger partial charge in [-0.25, -0.2) is 0 Å². The molecule has 8 heteroatoms. The van der Waals surface area contributed by atoms with Crippen molar-refractivity contribution in [2.24, 2.45) is 0 Å². The molecule has 184 valence electrons. The van der Waals surface area contributed by atoms with Crippen molar-refractivity contribution in [2.45, 2.75) is 64.5 Å². The minimum Gasteiger partial charge on any atom is -0.494 e. The van der Waals surface area contributed by atoms with Crippen molar-refractivity contribution in [3.63, 3.8) is 0 Å². The third-order valence-electron chi connectivity index (χ3n) is 6.46. The predicted molar refractivity (Wildman–Crippen MR) is 131 cm³/mol. The van der Waals surface area contributed by atoms with Crippen molar-refractivity contribution in [1.82, 2.24) is 10.2 Å². The van der Waals surface area contributed by atoms with Crippen LogP contribution in [0, 0.1) is 0 Å². The molecule has 2 aliphatic heterocycles. The summed E-state index contributed by atoms with van der Waals surface area (Å²) in [5, 5.41) is 5.20. The van der Waals surface area contributed by atoms with Crippen LogP contribution in [0.3, 0.4) is 0 Å². The van der Waals surface area contributed by atoms with E-state index in [-0.39, 0.29) is 30.7 Å². The zero-order valence-electron chi connectivity index (χ0n) is 20.0. The molecule has 0 saturated carbocycles. The predicted octanol–water partition coefficient (Wildman–Crippen LogP) is 4.05. The van der Waals surface area contributed by atoms with E-state index in [4.69, 9.17) is 4.74 Å². The van der Waals surface area contributed by atoms with Crippen LogP contribution in [0.25, 0.3) is 0 Å². The second kappa shape index (κ2) is 11.2. The average Bonchev–Trinajstić information content (AvgIpc) is 3.19. The number of benzene rings is 2. The van der Waals surface area contributed by atoms with Crippen LogP contribution in [0.2, 0.25) is 0 Å². The van der Waals surface area contributed by atoms with Crippen molar-refractivity contribution in [3.8, 4) is 5.75 Å². The number of nitrogens with one attached hydrogen (secondary N) is 2. The number of hydrogen-bond acceptors (Lipinski definition) is 5. The van der Waals surface area contributed by atoms with Gasteiger partial charge in [-0.1, -0.05) is 38.7 Å². The minimum atomic E-state index is -0.699. The van der Waals surface area contributed by atoms with Gasteiger partial charge in [-0.3, -0.25) is 24.5 Å². The Morgan fingerprint density at radius 2 is 1.83 bits per heavy atom. The number of amides is 4. The van der Waals surface area contributed by atoms with E-state index >= 15 is 0 Å². The molecular formula is C27H31N3O5. The summed E-state index contributed by atoms with van der Waals surface area (Å²) in [5.74, 6) is -0.635. The Morgan fingerprint density at radius 3 is 2.57 bits per heavy atom. The number of anilines is 1. The number of carbonyl (C=O) groups excluding carboxylic acids is 4. The summed E-state index contributed by atoms with van der Waals surface area (Å²) >= 11 is 0. The number of hydrogen-bond donors (Lipinski definition) is 2. The molecule has 2 heterocycles. The molecule has 0 aromatic heterocycles. The van der Waals surface area contributed by atoms with E-state index in [1.165, 1.54) is 24.2 Å². The van der Waals surface area contributed by atoms with Gasteiger partial charge in [0.05, 0.1) is 6.61 Å². The topological polar surface area (TPSA) is 105 Å². The molecular weight excluding hydrogens is 446 g/mol. The number of nitrogens with zero attached hydrogens (tertiary/aromatic N) is 1. The molecule has 8 nitrogen and oxygen atoms in total. The van der Waals surface area contributed by atoms with Crippen molar-refractivity contribution in [2.75, 3.05) is 11.9 Å². The van der Waals surface area contributed by atoms with Crippen molar-refractivity contribution < 1.29 is 23.9 Å². The number of imide groups is 1. The van der Waals surface area contributed by atoms with Gasteiger partial charge in [-0.2, -0.15) is 0 Å². The quantitative estimate of drug-likeness (QED) is 0.397. The number of ether oxygens (including phenoxy) is 1. The van der Waals surface area contributed by atoms with Crippen LogP contribution in [0.4, 0.5) is 5.69 Å². The van der Waals surface area contributed by atoms with Gasteiger partial charge < -0.3 is 15.0 Å². The molecule has 1 fully saturated rings. The first-order valence-electron chi connectivity index (χ1n) is 12.3. The molecule has 0 aliphatic carbocycles. The summed E-state index contributed by atoms with van der Waals surface area (Å²) in [6.07, 6.45) is 6.33. The number of carbonyl (C=O) groups is 4. The van der Waals surface area contributed by atoms with E-state index in [0.717, 1.165) is 18.6 Å². The maximum atomic E-state index is 13.0. The van der Waals surface area contributed by atoms with Gasteiger partial charge in [-0.15, -0.1) is 0 Å². The lowest BCUT2D eigenvalue weighted by Gasteiger charge is -2.29. The molecule has 2 aromatic carbocycles. The summed E-state index contributed by atoms with van der Waals surface area (Å²) in [4.78, 5) is 51.1. The SMILES string of the molecule is CCCCCCCOc1ccc(C(=O)Nc2cccc3c2CN(C2CCC(=O)NC2=O)C3=O)cc1. The van der Waals surface area contributed by atoms with Crippen LogP contribution in [-0.2, 0) is 16.1 Å². The lowest BCUT2D eigenvalue weighted by Crippen LogP contribution is -2.52. The van der Waals surface area contributed by atoms with Crippen LogP contribution in [0.15, 0.2) is 42.5 Å². The Hall–Kier alpha value is -3.68. The lowest BCUT2D eigenvalue weighted by atomic mass is 10.0. The van der Waals surface area contributed by atoms with Gasteiger partial charge in [0.1, 0.15) is 11.8 Å². The highest BCUT2D eigenvalue weighted by atomic mass is 16.5. The third-order valence-corrected chi connectivity index (χ3v) is 6.46. The standard InChI is InChI=1S/C27H31N3O5/c1-2-3-4-5-6-16-35-19-12-10-18(11-13-19)25(32)28-22-9-7-8-20-21(22)17-30(27(20)34)23-14-15-24(31)29-26(23)33/h7-13,23H,2-6,14-17H2,1H3,(H,28,32)(H,29,31,33). The summed E-state index contributed by atoms with van der Waals surface area (Å²) < 4.78 is 5.77. The lowest BCUT2D eigenvalue weighted by molar-refractivity contribution is -0.136. The van der Waals surface area contributed by atoms with Gasteiger partial charge in [0, 0.05) is 35.3 Å². The largest absolute Gasteiger partial charge is 0.494 e. The number of rotatable bonds is 10. The molecule has 35 heavy (non-hydrogen) atoms. The first-order chi connectivity index (χ1) is 17.0. The van der Waals surface area contributed by atoms with Crippen LogP contribution in [-0.4, -0.2) is 41.2 Å². The molecule has 0 bridgehead atoms. The first-order valence-corrected chi connectivity index (χ1v) is 12.3. The minimum absolute atomic E-state index is 0.193. The molecule has 4 amide bonds. The van der Waals surface area contributed by atoms with Crippen LogP contribution >= 0.6 is 0 Å². The summed E-state index contributed by atoms with van der Waals surface area (Å²) in [5.41, 5.74) is 2.13. The molecule has 0 radical (unpaired) electrons. The zero-order valence-corrected chi connectivity index (χ0v) is 20.0. The summed E-state index contributed by atoms with van der Waals surface area (Å²) in [6.45, 7) is 3.04. The first kappa shape index (κ1) is 24.4. The average molecular weight is 478 g/mol. The van der Waals surface area contributed by atoms with Gasteiger partial charge in [0.25, 0.3) is 11.8 Å². The number of unbranched alkanes of at least 4 members (excludes halogenated alkanes) is 4. The van der Waals surface area contributed by atoms with Gasteiger partial charge >= 0.3 is 0 Å². The van der Waals surface area contributed by atoms with E-state index in [0.29, 0.717) is 35.4 Å². The molecule has 1 saturated heterocycles. The third kappa shape index (κ3) is 5.70. The fourth-order valence-electron chi connectivity index (χ4n) is 4.50. The van der Waals surface area contributed by atoms with Crippen LogP contribution in [0.1, 0.15) is 78.1 Å². The molecule has 4 rings (SSSR count). The fraction of sp³-hybridized carbons (Fsp3) is 0.407. The summed E-state index contributed by atoms with van der Waals surface area (Å²) in [6, 6.07) is 11.4. The Morgan fingerprint density at radius 1 is 1.06 bits per heavy atom. The van der Waals surface area contributed by atoms with Crippen LogP contribution in [0.5, 0.6) is 5.75 Å².